The van der Waals surface area contributed by atoms with E-state index in [2.05, 4.69) is 5.32 Å². The number of nitrogens with one attached hydrogen (secondary N) is 1. The minimum atomic E-state index is -0.990. The van der Waals surface area contributed by atoms with Crippen molar-refractivity contribution >= 4 is 29.6 Å². The van der Waals surface area contributed by atoms with Crippen molar-refractivity contribution in [1.82, 2.24) is 5.32 Å². The summed E-state index contributed by atoms with van der Waals surface area (Å²) in [5, 5.41) is 12.5. The number of hydrogen-bond acceptors (Lipinski definition) is 5. The summed E-state index contributed by atoms with van der Waals surface area (Å²) < 4.78 is 10.5. The van der Waals surface area contributed by atoms with Crippen LogP contribution in [0.4, 0.5) is 4.79 Å². The van der Waals surface area contributed by atoms with Gasteiger partial charge in [-0.25, -0.2) is 4.79 Å². The van der Waals surface area contributed by atoms with Gasteiger partial charge < -0.3 is 19.9 Å². The topological polar surface area (TPSA) is 102 Å². The first-order valence-electron chi connectivity index (χ1n) is 10.0. The third-order valence-corrected chi connectivity index (χ3v) is 5.28. The molecule has 8 heteroatoms. The quantitative estimate of drug-likeness (QED) is 0.446. The SMILES string of the molecule is CCC(OC(=O)NCCC(C(=O)O)c1ccc(Cl)cc1)OC(=O)C1CCCCC1. The second-order valence-corrected chi connectivity index (χ2v) is 7.61. The number of carboxylic acids is 1. The molecule has 1 amide bonds. The van der Waals surface area contributed by atoms with Crippen LogP contribution in [0.3, 0.4) is 0 Å². The van der Waals surface area contributed by atoms with Crippen molar-refractivity contribution in [3.8, 4) is 0 Å². The molecule has 0 saturated heterocycles. The van der Waals surface area contributed by atoms with Gasteiger partial charge in [-0.05, 0) is 37.0 Å². The Labute approximate surface area is 175 Å². The maximum atomic E-state index is 12.2. The first kappa shape index (κ1) is 23.0. The van der Waals surface area contributed by atoms with Crippen molar-refractivity contribution in [1.29, 1.82) is 0 Å². The monoisotopic (exact) mass is 425 g/mol. The number of aliphatic carboxylic acids is 1. The molecule has 0 aliphatic heterocycles. The van der Waals surface area contributed by atoms with Crippen molar-refractivity contribution in [3.05, 3.63) is 34.9 Å². The van der Waals surface area contributed by atoms with Gasteiger partial charge in [0.1, 0.15) is 0 Å². The summed E-state index contributed by atoms with van der Waals surface area (Å²) in [6.45, 7) is 1.86. The van der Waals surface area contributed by atoms with Crippen LogP contribution < -0.4 is 5.32 Å². The van der Waals surface area contributed by atoms with Gasteiger partial charge in [-0.2, -0.15) is 0 Å². The average molecular weight is 426 g/mol. The van der Waals surface area contributed by atoms with Crippen LogP contribution in [0, 0.1) is 5.92 Å². The number of hydrogen-bond donors (Lipinski definition) is 2. The first-order valence-corrected chi connectivity index (χ1v) is 10.4. The van der Waals surface area contributed by atoms with Gasteiger partial charge in [0.25, 0.3) is 0 Å². The molecule has 1 aromatic rings. The lowest BCUT2D eigenvalue weighted by Gasteiger charge is -2.23. The Morgan fingerprint density at radius 2 is 1.79 bits per heavy atom. The number of carboxylic acid groups (broad SMARTS) is 1. The van der Waals surface area contributed by atoms with Crippen LogP contribution in [-0.2, 0) is 19.1 Å². The van der Waals surface area contributed by atoms with E-state index in [9.17, 15) is 19.5 Å². The molecular weight excluding hydrogens is 398 g/mol. The van der Waals surface area contributed by atoms with Crippen LogP contribution in [0.25, 0.3) is 0 Å². The molecule has 0 aromatic heterocycles. The zero-order valence-electron chi connectivity index (χ0n) is 16.6. The van der Waals surface area contributed by atoms with E-state index in [4.69, 9.17) is 21.1 Å². The summed E-state index contributed by atoms with van der Waals surface area (Å²) in [7, 11) is 0. The van der Waals surface area contributed by atoms with Crippen molar-refractivity contribution in [3.63, 3.8) is 0 Å². The summed E-state index contributed by atoms with van der Waals surface area (Å²) >= 11 is 5.83. The number of rotatable bonds is 9. The van der Waals surface area contributed by atoms with Crippen LogP contribution in [-0.4, -0.2) is 36.0 Å². The van der Waals surface area contributed by atoms with Crippen LogP contribution in [0.5, 0.6) is 0 Å². The number of carbonyl (C=O) groups is 3. The molecule has 0 spiro atoms. The van der Waals surface area contributed by atoms with Gasteiger partial charge in [-0.3, -0.25) is 9.59 Å². The summed E-state index contributed by atoms with van der Waals surface area (Å²) in [6.07, 6.45) is 3.61. The molecule has 160 valence electrons. The molecule has 0 bridgehead atoms. The zero-order valence-corrected chi connectivity index (χ0v) is 17.3. The molecule has 1 aromatic carbocycles. The lowest BCUT2D eigenvalue weighted by atomic mass is 9.89. The fourth-order valence-corrected chi connectivity index (χ4v) is 3.49. The van der Waals surface area contributed by atoms with Crippen LogP contribution in [0.1, 0.15) is 63.4 Å². The van der Waals surface area contributed by atoms with Gasteiger partial charge in [0.05, 0.1) is 11.8 Å². The van der Waals surface area contributed by atoms with Crippen molar-refractivity contribution < 1.29 is 29.0 Å². The molecule has 2 rings (SSSR count). The number of carbonyl (C=O) groups excluding carboxylic acids is 2. The van der Waals surface area contributed by atoms with Crippen molar-refractivity contribution in [2.45, 2.75) is 64.1 Å². The maximum Gasteiger partial charge on any atom is 0.410 e. The molecule has 1 aliphatic rings. The van der Waals surface area contributed by atoms with E-state index in [0.29, 0.717) is 17.0 Å². The molecule has 2 atom stereocenters. The van der Waals surface area contributed by atoms with Crippen LogP contribution in [0.15, 0.2) is 24.3 Å². The highest BCUT2D eigenvalue weighted by Crippen LogP contribution is 2.25. The van der Waals surface area contributed by atoms with Gasteiger partial charge in [0, 0.05) is 18.0 Å². The molecular formula is C21H28ClNO6. The molecule has 0 heterocycles. The predicted molar refractivity (Wildman–Crippen MR) is 108 cm³/mol. The van der Waals surface area contributed by atoms with E-state index in [1.807, 2.05) is 0 Å². The van der Waals surface area contributed by atoms with Gasteiger partial charge >= 0.3 is 18.0 Å². The predicted octanol–water partition coefficient (Wildman–Crippen LogP) is 4.48. The highest BCUT2D eigenvalue weighted by atomic mass is 35.5. The highest BCUT2D eigenvalue weighted by molar-refractivity contribution is 6.30. The van der Waals surface area contributed by atoms with Gasteiger partial charge in [-0.15, -0.1) is 0 Å². The molecule has 7 nitrogen and oxygen atoms in total. The number of esters is 1. The van der Waals surface area contributed by atoms with Crippen LogP contribution in [0.2, 0.25) is 5.02 Å². The lowest BCUT2D eigenvalue weighted by Crippen LogP contribution is -2.34. The fraction of sp³-hybridized carbons (Fsp3) is 0.571. The van der Waals surface area contributed by atoms with E-state index in [-0.39, 0.29) is 24.9 Å². The normalized spacial score (nSPS) is 16.5. The summed E-state index contributed by atoms with van der Waals surface area (Å²) in [5.74, 6) is -2.22. The second kappa shape index (κ2) is 11.7. The Kier molecular flexibility index (Phi) is 9.25. The molecule has 1 fully saturated rings. The molecule has 29 heavy (non-hydrogen) atoms. The second-order valence-electron chi connectivity index (χ2n) is 7.17. The van der Waals surface area contributed by atoms with Crippen LogP contribution >= 0.6 is 11.6 Å². The highest BCUT2D eigenvalue weighted by Gasteiger charge is 2.26. The molecule has 2 N–H and O–H groups in total. The Balaban J connectivity index is 1.78. The smallest absolute Gasteiger partial charge is 0.410 e. The Morgan fingerprint density at radius 3 is 2.38 bits per heavy atom. The van der Waals surface area contributed by atoms with Crippen molar-refractivity contribution in [2.75, 3.05) is 6.54 Å². The van der Waals surface area contributed by atoms with Gasteiger partial charge in [0.15, 0.2) is 0 Å². The lowest BCUT2D eigenvalue weighted by molar-refractivity contribution is -0.174. The molecule has 2 unspecified atom stereocenters. The standard InChI is InChI=1S/C21H28ClNO6/c1-2-18(28-20(26)15-6-4-3-5-7-15)29-21(27)23-13-12-17(19(24)25)14-8-10-16(22)11-9-14/h8-11,15,17-18H,2-7,12-13H2,1H3,(H,23,27)(H,24,25). The molecule has 0 radical (unpaired) electrons. The number of amides is 1. The van der Waals surface area contributed by atoms with Gasteiger partial charge in [0.2, 0.25) is 6.29 Å². The van der Waals surface area contributed by atoms with E-state index in [1.54, 1.807) is 31.2 Å². The number of halogens is 1. The largest absolute Gasteiger partial charge is 0.481 e. The van der Waals surface area contributed by atoms with E-state index < -0.39 is 24.3 Å². The minimum absolute atomic E-state index is 0.103. The number of alkyl carbamates (subject to hydrolysis) is 1. The average Bonchev–Trinajstić information content (AvgIpc) is 2.72. The Hall–Kier alpha value is -2.28. The summed E-state index contributed by atoms with van der Waals surface area (Å²) in [5.41, 5.74) is 0.602. The summed E-state index contributed by atoms with van der Waals surface area (Å²) in [6, 6.07) is 6.55. The van der Waals surface area contributed by atoms with Crippen molar-refractivity contribution in [2.24, 2.45) is 5.92 Å². The number of ether oxygens (including phenoxy) is 2. The minimum Gasteiger partial charge on any atom is -0.481 e. The Morgan fingerprint density at radius 1 is 1.14 bits per heavy atom. The molecule has 1 aliphatic carbocycles. The van der Waals surface area contributed by atoms with Gasteiger partial charge in [-0.1, -0.05) is 49.9 Å². The fourth-order valence-electron chi connectivity index (χ4n) is 3.36. The third-order valence-electron chi connectivity index (χ3n) is 5.03. The Bertz CT molecular complexity index is 687. The third kappa shape index (κ3) is 7.57. The van der Waals surface area contributed by atoms with E-state index in [0.717, 1.165) is 32.1 Å². The molecule has 1 saturated carbocycles. The first-order chi connectivity index (χ1) is 13.9. The maximum absolute atomic E-state index is 12.2. The van der Waals surface area contributed by atoms with E-state index in [1.165, 1.54) is 0 Å². The number of benzene rings is 1. The zero-order chi connectivity index (χ0) is 21.2. The summed E-state index contributed by atoms with van der Waals surface area (Å²) in [4.78, 5) is 35.7. The van der Waals surface area contributed by atoms with E-state index >= 15 is 0 Å².